The molecule has 2 aliphatic heterocycles. The van der Waals surface area contributed by atoms with Crippen molar-refractivity contribution in [2.75, 3.05) is 43.5 Å². The Labute approximate surface area is 182 Å². The molecule has 2 heterocycles. The Kier molecular flexibility index (Phi) is 7.04. The molecule has 2 saturated heterocycles. The topological polar surface area (TPSA) is 79.9 Å². The van der Waals surface area contributed by atoms with Crippen LogP contribution in [0.25, 0.3) is 0 Å². The van der Waals surface area contributed by atoms with Crippen molar-refractivity contribution in [1.82, 2.24) is 4.90 Å². The quantitative estimate of drug-likeness (QED) is 0.679. The van der Waals surface area contributed by atoms with Crippen LogP contribution in [0.1, 0.15) is 36.0 Å². The number of anilines is 2. The second-order valence-electron chi connectivity index (χ2n) is 7.95. The highest BCUT2D eigenvalue weighted by Crippen LogP contribution is 2.19. The van der Waals surface area contributed by atoms with Gasteiger partial charge in [-0.15, -0.1) is 0 Å². The third kappa shape index (κ3) is 5.98. The number of carbonyl (C=O) groups is 2. The highest BCUT2D eigenvalue weighted by molar-refractivity contribution is 5.95. The highest BCUT2D eigenvalue weighted by atomic mass is 16.5. The first-order chi connectivity index (χ1) is 15.2. The lowest BCUT2D eigenvalue weighted by molar-refractivity contribution is -0.114. The molecule has 1 unspecified atom stereocenters. The van der Waals surface area contributed by atoms with E-state index in [4.69, 9.17) is 9.47 Å². The van der Waals surface area contributed by atoms with Crippen LogP contribution in [0.2, 0.25) is 0 Å². The number of hydrogen-bond acceptors (Lipinski definition) is 5. The maximum atomic E-state index is 12.4. The van der Waals surface area contributed by atoms with Crippen molar-refractivity contribution in [2.24, 2.45) is 0 Å². The summed E-state index contributed by atoms with van der Waals surface area (Å²) in [5.74, 6) is 0.686. The van der Waals surface area contributed by atoms with Crippen molar-refractivity contribution in [3.05, 3.63) is 54.1 Å². The van der Waals surface area contributed by atoms with Gasteiger partial charge in [0, 0.05) is 36.6 Å². The van der Waals surface area contributed by atoms with Gasteiger partial charge in [-0.25, -0.2) is 0 Å². The van der Waals surface area contributed by atoms with E-state index < -0.39 is 0 Å². The molecule has 2 aliphatic rings. The fourth-order valence-electron chi connectivity index (χ4n) is 3.82. The molecular formula is C24H29N3O4. The van der Waals surface area contributed by atoms with Crippen LogP contribution < -0.4 is 15.4 Å². The molecule has 31 heavy (non-hydrogen) atoms. The molecule has 0 bridgehead atoms. The first kappa shape index (κ1) is 21.2. The van der Waals surface area contributed by atoms with Crippen molar-refractivity contribution >= 4 is 23.2 Å². The number of nitrogens with one attached hydrogen (secondary N) is 2. The Hall–Kier alpha value is -3.06. The summed E-state index contributed by atoms with van der Waals surface area (Å²) < 4.78 is 11.3. The van der Waals surface area contributed by atoms with Gasteiger partial charge in [0.25, 0.3) is 5.91 Å². The van der Waals surface area contributed by atoms with E-state index in [1.165, 1.54) is 0 Å². The summed E-state index contributed by atoms with van der Waals surface area (Å²) in [4.78, 5) is 26.5. The van der Waals surface area contributed by atoms with Crippen LogP contribution in [-0.4, -0.2) is 55.7 Å². The minimum atomic E-state index is -0.148. The summed E-state index contributed by atoms with van der Waals surface area (Å²) in [7, 11) is 0. The molecule has 0 spiro atoms. The summed E-state index contributed by atoms with van der Waals surface area (Å²) in [6.07, 6.45) is 4.46. The molecule has 7 heteroatoms. The van der Waals surface area contributed by atoms with Crippen molar-refractivity contribution < 1.29 is 19.1 Å². The summed E-state index contributed by atoms with van der Waals surface area (Å²) in [6.45, 7) is 3.17. The van der Waals surface area contributed by atoms with Crippen LogP contribution in [0.5, 0.6) is 5.75 Å². The van der Waals surface area contributed by atoms with E-state index in [9.17, 15) is 9.59 Å². The van der Waals surface area contributed by atoms with Gasteiger partial charge >= 0.3 is 0 Å². The molecular weight excluding hydrogens is 394 g/mol. The van der Waals surface area contributed by atoms with Crippen LogP contribution in [-0.2, 0) is 9.53 Å². The van der Waals surface area contributed by atoms with Gasteiger partial charge in [0.2, 0.25) is 5.91 Å². The molecule has 0 aromatic heterocycles. The van der Waals surface area contributed by atoms with Crippen LogP contribution in [0.4, 0.5) is 11.4 Å². The van der Waals surface area contributed by atoms with E-state index >= 15 is 0 Å². The van der Waals surface area contributed by atoms with Gasteiger partial charge in [0.1, 0.15) is 12.4 Å². The molecule has 0 aliphatic carbocycles. The number of amides is 2. The van der Waals surface area contributed by atoms with E-state index in [2.05, 4.69) is 10.6 Å². The third-order valence-electron chi connectivity index (χ3n) is 5.58. The van der Waals surface area contributed by atoms with E-state index in [1.807, 2.05) is 41.3 Å². The molecule has 164 valence electrons. The van der Waals surface area contributed by atoms with E-state index in [-0.39, 0.29) is 24.5 Å². The second kappa shape index (κ2) is 10.3. The number of carbonyl (C=O) groups excluding carboxylic acids is 2. The highest BCUT2D eigenvalue weighted by Gasteiger charge is 2.19. The Balaban J connectivity index is 1.20. The van der Waals surface area contributed by atoms with Crippen molar-refractivity contribution in [1.29, 1.82) is 0 Å². The van der Waals surface area contributed by atoms with E-state index in [1.54, 1.807) is 12.1 Å². The number of likely N-dealkylation sites (tertiary alicyclic amines) is 1. The van der Waals surface area contributed by atoms with Crippen LogP contribution >= 0.6 is 0 Å². The molecule has 2 fully saturated rings. The first-order valence-corrected chi connectivity index (χ1v) is 10.9. The normalized spacial score (nSPS) is 18.1. The summed E-state index contributed by atoms with van der Waals surface area (Å²) >= 11 is 0. The largest absolute Gasteiger partial charge is 0.491 e. The number of ether oxygens (including phenoxy) is 2. The Morgan fingerprint density at radius 3 is 2.35 bits per heavy atom. The summed E-state index contributed by atoms with van der Waals surface area (Å²) in [5.41, 5.74) is 2.19. The average Bonchev–Trinajstić information content (AvgIpc) is 3.51. The molecule has 1 atom stereocenters. The SMILES string of the molecule is O=C(CNc1ccc(C(=O)N2CCCC2)cc1)Nc1ccc(OCC2CCCO2)cc1. The lowest BCUT2D eigenvalue weighted by Gasteiger charge is -2.15. The fraction of sp³-hybridized carbons (Fsp3) is 0.417. The van der Waals surface area contributed by atoms with Gasteiger partial charge in [-0.1, -0.05) is 0 Å². The molecule has 0 radical (unpaired) electrons. The van der Waals surface area contributed by atoms with Gasteiger partial charge < -0.3 is 25.0 Å². The van der Waals surface area contributed by atoms with Gasteiger partial charge in [0.05, 0.1) is 12.6 Å². The van der Waals surface area contributed by atoms with E-state index in [0.29, 0.717) is 17.9 Å². The lowest BCUT2D eigenvalue weighted by atomic mass is 10.2. The fourth-order valence-corrected chi connectivity index (χ4v) is 3.82. The maximum absolute atomic E-state index is 12.4. The smallest absolute Gasteiger partial charge is 0.253 e. The summed E-state index contributed by atoms with van der Waals surface area (Å²) in [5, 5.41) is 5.95. The molecule has 2 amide bonds. The van der Waals surface area contributed by atoms with Gasteiger partial charge in [0.15, 0.2) is 0 Å². The molecule has 2 aromatic carbocycles. The Morgan fingerprint density at radius 1 is 0.968 bits per heavy atom. The first-order valence-electron chi connectivity index (χ1n) is 10.9. The number of rotatable bonds is 8. The molecule has 4 rings (SSSR count). The third-order valence-corrected chi connectivity index (χ3v) is 5.58. The van der Waals surface area contributed by atoms with Gasteiger partial charge in [-0.3, -0.25) is 9.59 Å². The summed E-state index contributed by atoms with van der Waals surface area (Å²) in [6, 6.07) is 14.6. The van der Waals surface area contributed by atoms with Crippen LogP contribution in [0, 0.1) is 0 Å². The molecule has 7 nitrogen and oxygen atoms in total. The van der Waals surface area contributed by atoms with Crippen molar-refractivity contribution in [3.8, 4) is 5.75 Å². The number of hydrogen-bond donors (Lipinski definition) is 2. The van der Waals surface area contributed by atoms with Crippen molar-refractivity contribution in [3.63, 3.8) is 0 Å². The predicted molar refractivity (Wildman–Crippen MR) is 120 cm³/mol. The standard InChI is InChI=1S/C24H29N3O4/c28-23(26-20-9-11-21(12-10-20)31-17-22-4-3-15-30-22)16-25-19-7-5-18(6-8-19)24(29)27-13-1-2-14-27/h5-12,22,25H,1-4,13-17H2,(H,26,28). The monoisotopic (exact) mass is 423 g/mol. The molecule has 0 saturated carbocycles. The van der Waals surface area contributed by atoms with Crippen LogP contribution in [0.15, 0.2) is 48.5 Å². The average molecular weight is 424 g/mol. The molecule has 2 N–H and O–H groups in total. The second-order valence-corrected chi connectivity index (χ2v) is 7.95. The Bertz CT molecular complexity index is 871. The van der Waals surface area contributed by atoms with Crippen LogP contribution in [0.3, 0.4) is 0 Å². The molecule has 2 aromatic rings. The van der Waals surface area contributed by atoms with Crippen molar-refractivity contribution in [2.45, 2.75) is 31.8 Å². The van der Waals surface area contributed by atoms with Gasteiger partial charge in [-0.2, -0.15) is 0 Å². The zero-order valence-electron chi connectivity index (χ0n) is 17.6. The zero-order chi connectivity index (χ0) is 21.5. The maximum Gasteiger partial charge on any atom is 0.253 e. The number of benzene rings is 2. The minimum absolute atomic E-state index is 0.0741. The minimum Gasteiger partial charge on any atom is -0.491 e. The predicted octanol–water partition coefficient (Wildman–Crippen LogP) is 3.53. The Morgan fingerprint density at radius 2 is 1.68 bits per heavy atom. The number of nitrogens with zero attached hydrogens (tertiary/aromatic N) is 1. The zero-order valence-corrected chi connectivity index (χ0v) is 17.6. The van der Waals surface area contributed by atoms with Gasteiger partial charge in [-0.05, 0) is 74.2 Å². The van der Waals surface area contributed by atoms with E-state index in [0.717, 1.165) is 56.8 Å². The lowest BCUT2D eigenvalue weighted by Crippen LogP contribution is -2.27.